The molecule has 0 aliphatic heterocycles. The van der Waals surface area contributed by atoms with Crippen molar-refractivity contribution in [2.75, 3.05) is 41.7 Å². The van der Waals surface area contributed by atoms with Gasteiger partial charge in [0.25, 0.3) is 0 Å². The highest BCUT2D eigenvalue weighted by atomic mass is 16.5. The first-order chi connectivity index (χ1) is 16.5. The third kappa shape index (κ3) is 12.9. The Labute approximate surface area is 209 Å². The maximum absolute atomic E-state index is 11.2. The van der Waals surface area contributed by atoms with Crippen molar-refractivity contribution in [3.05, 3.63) is 58.7 Å². The van der Waals surface area contributed by atoms with Gasteiger partial charge in [0.1, 0.15) is 0 Å². The largest absolute Gasteiger partial charge is 0.493 e. The number of aryl methyl sites for hydroxylation is 1. The minimum Gasteiger partial charge on any atom is -0.493 e. The summed E-state index contributed by atoms with van der Waals surface area (Å²) in [4.78, 5) is 33.5. The van der Waals surface area contributed by atoms with Crippen molar-refractivity contribution in [1.29, 1.82) is 0 Å². The van der Waals surface area contributed by atoms with Crippen molar-refractivity contribution in [2.45, 2.75) is 41.0 Å². The predicted molar refractivity (Wildman–Crippen MR) is 138 cm³/mol. The van der Waals surface area contributed by atoms with Gasteiger partial charge in [-0.05, 0) is 75.9 Å². The van der Waals surface area contributed by atoms with E-state index >= 15 is 0 Å². The van der Waals surface area contributed by atoms with E-state index in [4.69, 9.17) is 18.9 Å². The van der Waals surface area contributed by atoms with E-state index in [1.807, 2.05) is 25.1 Å². The molecule has 0 saturated carbocycles. The van der Waals surface area contributed by atoms with Gasteiger partial charge in [0, 0.05) is 44.1 Å². The first-order valence-electron chi connectivity index (χ1n) is 11.3. The number of ether oxygens (including phenoxy) is 4. The Bertz CT molecular complexity index is 871. The Hall–Kier alpha value is -3.03. The van der Waals surface area contributed by atoms with Crippen LogP contribution in [0, 0.1) is 12.8 Å². The van der Waals surface area contributed by atoms with Crippen molar-refractivity contribution < 1.29 is 33.3 Å². The van der Waals surface area contributed by atoms with E-state index in [-0.39, 0.29) is 17.3 Å². The van der Waals surface area contributed by atoms with Gasteiger partial charge in [-0.1, -0.05) is 13.0 Å². The Balaban J connectivity index is 0.000000515. The number of benzene rings is 2. The van der Waals surface area contributed by atoms with Crippen LogP contribution in [0.15, 0.2) is 36.4 Å². The summed E-state index contributed by atoms with van der Waals surface area (Å²) in [5, 5.41) is 0. The molecule has 1 unspecified atom stereocenters. The van der Waals surface area contributed by atoms with Gasteiger partial charge < -0.3 is 18.9 Å². The summed E-state index contributed by atoms with van der Waals surface area (Å²) in [6.07, 6.45) is 1.09. The lowest BCUT2D eigenvalue weighted by molar-refractivity contribution is 0.101. The summed E-state index contributed by atoms with van der Waals surface area (Å²) in [5.74, 6) is 1.72. The summed E-state index contributed by atoms with van der Waals surface area (Å²) < 4.78 is 20.0. The van der Waals surface area contributed by atoms with Gasteiger partial charge in [0.2, 0.25) is 0 Å². The van der Waals surface area contributed by atoms with E-state index < -0.39 is 0 Å². The van der Waals surface area contributed by atoms with Gasteiger partial charge in [-0.3, -0.25) is 14.4 Å². The zero-order chi connectivity index (χ0) is 27.0. The molecule has 0 amide bonds. The molecule has 0 aliphatic rings. The molecule has 1 atom stereocenters. The second kappa shape index (κ2) is 17.4. The summed E-state index contributed by atoms with van der Waals surface area (Å²) in [5.41, 5.74) is 2.36. The van der Waals surface area contributed by atoms with Crippen LogP contribution in [0.3, 0.4) is 0 Å². The third-order valence-corrected chi connectivity index (χ3v) is 4.96. The van der Waals surface area contributed by atoms with E-state index in [0.717, 1.165) is 31.1 Å². The first kappa shape index (κ1) is 32.0. The molecule has 0 fully saturated rings. The van der Waals surface area contributed by atoms with Crippen molar-refractivity contribution in [3.8, 4) is 11.5 Å². The van der Waals surface area contributed by atoms with E-state index in [9.17, 15) is 14.4 Å². The Morgan fingerprint density at radius 3 is 1.51 bits per heavy atom. The van der Waals surface area contributed by atoms with Crippen molar-refractivity contribution in [1.82, 2.24) is 0 Å². The Kier molecular flexibility index (Phi) is 15.9. The molecule has 2 aromatic carbocycles. The number of carbonyl (C=O) groups excluding carboxylic acids is 3. The number of carbonyl (C=O) groups is 3. The maximum Gasteiger partial charge on any atom is 0.160 e. The topological polar surface area (TPSA) is 88.1 Å². The maximum atomic E-state index is 11.2. The number of ketones is 3. The highest BCUT2D eigenvalue weighted by molar-refractivity contribution is 6.04. The molecule has 0 radical (unpaired) electrons. The second-order valence-corrected chi connectivity index (χ2v) is 8.17. The fraction of sp³-hybridized carbons (Fsp3) is 0.464. The first-order valence-corrected chi connectivity index (χ1v) is 11.3. The van der Waals surface area contributed by atoms with Crippen LogP contribution in [0.25, 0.3) is 0 Å². The lowest BCUT2D eigenvalue weighted by atomic mass is 10.00. The molecule has 0 aliphatic carbocycles. The van der Waals surface area contributed by atoms with Crippen LogP contribution >= 0.6 is 0 Å². The second-order valence-electron chi connectivity index (χ2n) is 8.17. The van der Waals surface area contributed by atoms with Gasteiger partial charge in [-0.15, -0.1) is 0 Å². The average molecular weight is 489 g/mol. The summed E-state index contributed by atoms with van der Waals surface area (Å²) in [6.45, 7) is 10.1. The fourth-order valence-electron chi connectivity index (χ4n) is 2.87. The third-order valence-electron chi connectivity index (χ3n) is 4.96. The highest BCUT2D eigenvalue weighted by Gasteiger charge is 2.10. The minimum atomic E-state index is -0.152. The zero-order valence-corrected chi connectivity index (χ0v) is 22.5. The molecule has 0 saturated heterocycles. The molecule has 0 heterocycles. The van der Waals surface area contributed by atoms with Gasteiger partial charge in [0.15, 0.2) is 28.8 Å². The van der Waals surface area contributed by atoms with Gasteiger partial charge >= 0.3 is 0 Å². The van der Waals surface area contributed by atoms with Gasteiger partial charge in [-0.2, -0.15) is 0 Å². The number of Topliss-reactive ketones (excluding diaryl/α,β-unsaturated/α-hetero) is 3. The summed E-state index contributed by atoms with van der Waals surface area (Å²) in [6, 6.07) is 10.4. The van der Waals surface area contributed by atoms with Crippen LogP contribution in [-0.2, 0) is 9.47 Å². The summed E-state index contributed by atoms with van der Waals surface area (Å²) in [7, 11) is 6.72. The van der Waals surface area contributed by atoms with Crippen LogP contribution < -0.4 is 9.47 Å². The quantitative estimate of drug-likeness (QED) is 0.402. The fourth-order valence-corrected chi connectivity index (χ4v) is 2.87. The van der Waals surface area contributed by atoms with Crippen LogP contribution in [0.4, 0.5) is 0 Å². The molecule has 35 heavy (non-hydrogen) atoms. The molecule has 7 heteroatoms. The Morgan fingerprint density at radius 2 is 1.17 bits per heavy atom. The molecule has 2 aromatic rings. The van der Waals surface area contributed by atoms with Crippen LogP contribution in [-0.4, -0.2) is 59.0 Å². The van der Waals surface area contributed by atoms with Crippen LogP contribution in [0.5, 0.6) is 11.5 Å². The number of hydrogen-bond acceptors (Lipinski definition) is 7. The van der Waals surface area contributed by atoms with E-state index in [1.54, 1.807) is 28.4 Å². The molecular formula is C28H40O7. The molecule has 0 N–H and O–H groups in total. The smallest absolute Gasteiger partial charge is 0.160 e. The SMILES string of the molecule is CC(=O)c1cc(C(C)=O)cc(C(C)=O)c1.COCCC(C)COC.COc1ccc(C)cc1OC. The normalized spacial score (nSPS) is 10.7. The molecule has 7 nitrogen and oxygen atoms in total. The molecule has 2 rings (SSSR count). The Morgan fingerprint density at radius 1 is 0.714 bits per heavy atom. The van der Waals surface area contributed by atoms with Crippen molar-refractivity contribution in [2.24, 2.45) is 5.92 Å². The molecule has 194 valence electrons. The highest BCUT2D eigenvalue weighted by Crippen LogP contribution is 2.26. The number of methoxy groups -OCH3 is 4. The standard InChI is InChI=1S/C12H12O3.C9H12O2.C7H16O2/c1-7(13)10-4-11(8(2)14)6-12(5-10)9(3)15;1-7-4-5-8(10-2)9(6-7)11-3;1-7(6-9-3)4-5-8-2/h4-6H,1-3H3;4-6H,1-3H3;7H,4-6H2,1-3H3. The predicted octanol–water partition coefficient (Wildman–Crippen LogP) is 5.61. The van der Waals surface area contributed by atoms with Crippen LogP contribution in [0.1, 0.15) is 70.8 Å². The molecule has 0 spiro atoms. The number of hydrogen-bond donors (Lipinski definition) is 0. The monoisotopic (exact) mass is 488 g/mol. The zero-order valence-electron chi connectivity index (χ0n) is 22.5. The average Bonchev–Trinajstić information content (AvgIpc) is 2.83. The van der Waals surface area contributed by atoms with E-state index in [1.165, 1.54) is 44.5 Å². The molecule has 0 aromatic heterocycles. The molecular weight excluding hydrogens is 448 g/mol. The van der Waals surface area contributed by atoms with Crippen LogP contribution in [0.2, 0.25) is 0 Å². The van der Waals surface area contributed by atoms with E-state index in [2.05, 4.69) is 6.92 Å². The summed E-state index contributed by atoms with van der Waals surface area (Å²) >= 11 is 0. The van der Waals surface area contributed by atoms with E-state index in [0.29, 0.717) is 22.6 Å². The number of rotatable bonds is 10. The van der Waals surface area contributed by atoms with Crippen molar-refractivity contribution in [3.63, 3.8) is 0 Å². The molecule has 0 bridgehead atoms. The lowest BCUT2D eigenvalue weighted by Gasteiger charge is -2.07. The minimum absolute atomic E-state index is 0.152. The van der Waals surface area contributed by atoms with Crippen molar-refractivity contribution >= 4 is 17.3 Å². The lowest BCUT2D eigenvalue weighted by Crippen LogP contribution is -2.06. The van der Waals surface area contributed by atoms with Gasteiger partial charge in [0.05, 0.1) is 14.2 Å². The van der Waals surface area contributed by atoms with Gasteiger partial charge in [-0.25, -0.2) is 0 Å².